The van der Waals surface area contributed by atoms with Crippen molar-refractivity contribution in [1.29, 1.82) is 0 Å². The molecule has 0 fully saturated rings. The summed E-state index contributed by atoms with van der Waals surface area (Å²) in [5.74, 6) is 0. The molecule has 0 atom stereocenters. The molecule has 0 unspecified atom stereocenters. The number of hydrogen-bond acceptors (Lipinski definition) is 2. The molecule has 0 saturated heterocycles. The summed E-state index contributed by atoms with van der Waals surface area (Å²) in [6, 6.07) is 9.17. The molecule has 0 spiro atoms. The summed E-state index contributed by atoms with van der Waals surface area (Å²) in [6.07, 6.45) is 2.04. The molecule has 4 heteroatoms. The van der Waals surface area contributed by atoms with Crippen LogP contribution in [0, 0.1) is 0 Å². The topological polar surface area (TPSA) is 65.8 Å². The van der Waals surface area contributed by atoms with Crippen LogP contribution in [0.15, 0.2) is 41.1 Å². The van der Waals surface area contributed by atoms with Crippen LogP contribution in [0.3, 0.4) is 0 Å². The molecule has 0 aromatic heterocycles. The second-order valence-electron chi connectivity index (χ2n) is 2.29. The Labute approximate surface area is 75.1 Å². The van der Waals surface area contributed by atoms with Gasteiger partial charge in [0.1, 0.15) is 0 Å². The van der Waals surface area contributed by atoms with E-state index in [1.807, 2.05) is 30.3 Å². The number of carbonyl (C=O) groups excluding carboxylic acids is 1. The molecule has 0 aliphatic carbocycles. The van der Waals surface area contributed by atoms with Gasteiger partial charge in [-0.2, -0.15) is 0 Å². The molecule has 0 heterocycles. The molecular weight excluding hydrogens is 166 g/mol. The standard InChI is InChI=1S/C9H7N3O/c10-12-11-9(7-13)6-8-4-2-1-3-5-8/h1-7H/b9-6+. The zero-order chi connectivity index (χ0) is 9.52. The van der Waals surface area contributed by atoms with E-state index < -0.39 is 0 Å². The highest BCUT2D eigenvalue weighted by Gasteiger charge is 1.90. The molecule has 1 rings (SSSR count). The lowest BCUT2D eigenvalue weighted by Crippen LogP contribution is -1.78. The summed E-state index contributed by atoms with van der Waals surface area (Å²) in [5, 5.41) is 3.21. The lowest BCUT2D eigenvalue weighted by molar-refractivity contribution is -0.104. The number of azide groups is 1. The predicted molar refractivity (Wildman–Crippen MR) is 49.6 cm³/mol. The SMILES string of the molecule is [N-]=[N+]=N/C(C=O)=C/c1ccccc1. The van der Waals surface area contributed by atoms with Gasteiger partial charge in [-0.15, -0.1) is 0 Å². The number of aldehydes is 1. The maximum atomic E-state index is 10.4. The molecule has 13 heavy (non-hydrogen) atoms. The van der Waals surface area contributed by atoms with Gasteiger partial charge in [0, 0.05) is 4.91 Å². The summed E-state index contributed by atoms with van der Waals surface area (Å²) in [4.78, 5) is 12.9. The summed E-state index contributed by atoms with van der Waals surface area (Å²) in [6.45, 7) is 0. The van der Waals surface area contributed by atoms with E-state index in [1.54, 1.807) is 0 Å². The first-order valence-corrected chi connectivity index (χ1v) is 3.64. The van der Waals surface area contributed by atoms with E-state index in [2.05, 4.69) is 10.0 Å². The zero-order valence-corrected chi connectivity index (χ0v) is 6.79. The fourth-order valence-corrected chi connectivity index (χ4v) is 0.858. The van der Waals surface area contributed by atoms with Crippen LogP contribution < -0.4 is 0 Å². The van der Waals surface area contributed by atoms with Gasteiger partial charge in [0.2, 0.25) is 0 Å². The highest BCUT2D eigenvalue weighted by Crippen LogP contribution is 2.05. The van der Waals surface area contributed by atoms with Gasteiger partial charge >= 0.3 is 0 Å². The summed E-state index contributed by atoms with van der Waals surface area (Å²) >= 11 is 0. The van der Waals surface area contributed by atoms with E-state index in [0.717, 1.165) is 5.56 Å². The van der Waals surface area contributed by atoms with Crippen molar-refractivity contribution in [2.24, 2.45) is 5.11 Å². The van der Waals surface area contributed by atoms with Gasteiger partial charge in [0.15, 0.2) is 6.29 Å². The first-order chi connectivity index (χ1) is 6.36. The summed E-state index contributed by atoms with van der Waals surface area (Å²) < 4.78 is 0. The molecule has 1 aromatic carbocycles. The smallest absolute Gasteiger partial charge is 0.152 e. The van der Waals surface area contributed by atoms with E-state index in [0.29, 0.717) is 6.29 Å². The fourth-order valence-electron chi connectivity index (χ4n) is 0.858. The Kier molecular flexibility index (Phi) is 3.30. The van der Waals surface area contributed by atoms with E-state index in [-0.39, 0.29) is 5.70 Å². The molecule has 4 nitrogen and oxygen atoms in total. The molecule has 0 amide bonds. The van der Waals surface area contributed by atoms with Crippen molar-refractivity contribution in [3.8, 4) is 0 Å². The third kappa shape index (κ3) is 2.81. The minimum Gasteiger partial charge on any atom is -0.298 e. The van der Waals surface area contributed by atoms with Gasteiger partial charge in [0.05, 0.1) is 5.70 Å². The number of rotatable bonds is 3. The highest BCUT2D eigenvalue weighted by atomic mass is 16.1. The van der Waals surface area contributed by atoms with Gasteiger partial charge in [-0.25, -0.2) is 0 Å². The van der Waals surface area contributed by atoms with Gasteiger partial charge in [-0.05, 0) is 17.2 Å². The molecular formula is C9H7N3O. The minimum atomic E-state index is 0.0775. The molecule has 0 bridgehead atoms. The Bertz CT molecular complexity index is 364. The van der Waals surface area contributed by atoms with E-state index in [4.69, 9.17) is 5.53 Å². The van der Waals surface area contributed by atoms with Crippen LogP contribution in [0.1, 0.15) is 5.56 Å². The van der Waals surface area contributed by atoms with Crippen molar-refractivity contribution in [1.82, 2.24) is 0 Å². The first-order valence-electron chi connectivity index (χ1n) is 3.64. The fraction of sp³-hybridized carbons (Fsp3) is 0. The molecule has 0 radical (unpaired) electrons. The molecule has 1 aromatic rings. The van der Waals surface area contributed by atoms with Crippen LogP contribution in [-0.2, 0) is 4.79 Å². The lowest BCUT2D eigenvalue weighted by atomic mass is 10.2. The Morgan fingerprint density at radius 3 is 2.62 bits per heavy atom. The van der Waals surface area contributed by atoms with Crippen LogP contribution >= 0.6 is 0 Å². The summed E-state index contributed by atoms with van der Waals surface area (Å²) in [5.41, 5.74) is 9.01. The Balaban J connectivity index is 2.98. The average molecular weight is 173 g/mol. The van der Waals surface area contributed by atoms with E-state index in [1.165, 1.54) is 6.08 Å². The maximum Gasteiger partial charge on any atom is 0.152 e. The number of benzene rings is 1. The maximum absolute atomic E-state index is 10.4. The van der Waals surface area contributed by atoms with E-state index >= 15 is 0 Å². The minimum absolute atomic E-state index is 0.0775. The van der Waals surface area contributed by atoms with Crippen LogP contribution in [0.4, 0.5) is 0 Å². The van der Waals surface area contributed by atoms with Gasteiger partial charge in [-0.1, -0.05) is 35.4 Å². The Morgan fingerprint density at radius 2 is 2.08 bits per heavy atom. The normalized spacial score (nSPS) is 10.3. The van der Waals surface area contributed by atoms with Gasteiger partial charge < -0.3 is 0 Å². The first kappa shape index (κ1) is 9.03. The molecule has 64 valence electrons. The Hall–Kier alpha value is -2.06. The highest BCUT2D eigenvalue weighted by molar-refractivity contribution is 5.80. The van der Waals surface area contributed by atoms with Crippen molar-refractivity contribution in [2.45, 2.75) is 0 Å². The lowest BCUT2D eigenvalue weighted by Gasteiger charge is -1.91. The zero-order valence-electron chi connectivity index (χ0n) is 6.79. The Morgan fingerprint density at radius 1 is 1.38 bits per heavy atom. The molecule has 0 aliphatic heterocycles. The molecule has 0 aliphatic rings. The average Bonchev–Trinajstić information content (AvgIpc) is 2.19. The van der Waals surface area contributed by atoms with Gasteiger partial charge in [0.25, 0.3) is 0 Å². The van der Waals surface area contributed by atoms with Crippen molar-refractivity contribution >= 4 is 12.4 Å². The number of nitrogens with zero attached hydrogens (tertiary/aromatic N) is 3. The third-order valence-corrected chi connectivity index (χ3v) is 1.40. The monoisotopic (exact) mass is 173 g/mol. The molecule has 0 saturated carbocycles. The van der Waals surface area contributed by atoms with Crippen molar-refractivity contribution < 1.29 is 4.79 Å². The van der Waals surface area contributed by atoms with Crippen LogP contribution in [-0.4, -0.2) is 6.29 Å². The second kappa shape index (κ2) is 4.74. The predicted octanol–water partition coefficient (Wildman–Crippen LogP) is 2.54. The van der Waals surface area contributed by atoms with Crippen molar-refractivity contribution in [2.75, 3.05) is 0 Å². The quantitative estimate of drug-likeness (QED) is 0.228. The van der Waals surface area contributed by atoms with Gasteiger partial charge in [-0.3, -0.25) is 4.79 Å². The number of carbonyl (C=O) groups is 1. The third-order valence-electron chi connectivity index (χ3n) is 1.40. The largest absolute Gasteiger partial charge is 0.298 e. The number of allylic oxidation sites excluding steroid dienone is 1. The van der Waals surface area contributed by atoms with Crippen LogP contribution in [0.2, 0.25) is 0 Å². The second-order valence-corrected chi connectivity index (χ2v) is 2.29. The van der Waals surface area contributed by atoms with Crippen LogP contribution in [0.25, 0.3) is 16.5 Å². The van der Waals surface area contributed by atoms with Crippen molar-refractivity contribution in [3.63, 3.8) is 0 Å². The molecule has 0 N–H and O–H groups in total. The van der Waals surface area contributed by atoms with Crippen molar-refractivity contribution in [3.05, 3.63) is 52.0 Å². The van der Waals surface area contributed by atoms with E-state index in [9.17, 15) is 4.79 Å². The van der Waals surface area contributed by atoms with Crippen LogP contribution in [0.5, 0.6) is 0 Å². The summed E-state index contributed by atoms with van der Waals surface area (Å²) in [7, 11) is 0. The number of hydrogen-bond donors (Lipinski definition) is 0.